The van der Waals surface area contributed by atoms with Crippen molar-refractivity contribution in [1.29, 1.82) is 0 Å². The molecule has 29 heavy (non-hydrogen) atoms. The van der Waals surface area contributed by atoms with E-state index in [4.69, 9.17) is 23.2 Å². The number of rotatable bonds is 9. The maximum absolute atomic E-state index is 11.9. The number of anilines is 1. The van der Waals surface area contributed by atoms with E-state index in [-0.39, 0.29) is 5.91 Å². The maximum Gasteiger partial charge on any atom is 0.223 e. The topological polar surface area (TPSA) is 66.9 Å². The molecule has 1 heterocycles. The summed E-state index contributed by atoms with van der Waals surface area (Å²) >= 11 is 12.2. The third-order valence-electron chi connectivity index (χ3n) is 4.31. The number of carbonyl (C=O) groups excluding carboxylic acids is 1. The van der Waals surface area contributed by atoms with Crippen LogP contribution in [0.15, 0.2) is 60.8 Å². The number of hydrogen-bond acceptors (Lipinski definition) is 4. The van der Waals surface area contributed by atoms with Crippen LogP contribution in [0, 0.1) is 0 Å². The van der Waals surface area contributed by atoms with Crippen molar-refractivity contribution < 1.29 is 4.79 Å². The number of amides is 1. The normalized spacial score (nSPS) is 10.6. The van der Waals surface area contributed by atoms with Crippen molar-refractivity contribution in [2.24, 2.45) is 0 Å². The molecule has 0 spiro atoms. The molecule has 2 aromatic carbocycles. The SMILES string of the molecule is O=C(CCc1ccccc1)NCCCNc1nccc(-c2ccc(Cl)cc2Cl)n1. The van der Waals surface area contributed by atoms with Crippen LogP contribution in [0.2, 0.25) is 10.0 Å². The van der Waals surface area contributed by atoms with Crippen molar-refractivity contribution in [1.82, 2.24) is 15.3 Å². The lowest BCUT2D eigenvalue weighted by Gasteiger charge is -2.09. The smallest absolute Gasteiger partial charge is 0.223 e. The van der Waals surface area contributed by atoms with E-state index in [1.807, 2.05) is 36.4 Å². The van der Waals surface area contributed by atoms with E-state index in [2.05, 4.69) is 20.6 Å². The predicted molar refractivity (Wildman–Crippen MR) is 118 cm³/mol. The van der Waals surface area contributed by atoms with Crippen molar-refractivity contribution in [2.75, 3.05) is 18.4 Å². The maximum atomic E-state index is 11.9. The zero-order chi connectivity index (χ0) is 20.5. The molecule has 1 aromatic heterocycles. The highest BCUT2D eigenvalue weighted by Crippen LogP contribution is 2.29. The van der Waals surface area contributed by atoms with Crippen LogP contribution in [-0.2, 0) is 11.2 Å². The highest BCUT2D eigenvalue weighted by molar-refractivity contribution is 6.36. The van der Waals surface area contributed by atoms with Gasteiger partial charge in [0, 0.05) is 36.3 Å². The molecule has 5 nitrogen and oxygen atoms in total. The van der Waals surface area contributed by atoms with Gasteiger partial charge in [0.2, 0.25) is 11.9 Å². The lowest BCUT2D eigenvalue weighted by Crippen LogP contribution is -2.26. The fourth-order valence-corrected chi connectivity index (χ4v) is 3.30. The number of carbonyl (C=O) groups is 1. The summed E-state index contributed by atoms with van der Waals surface area (Å²) in [6.07, 6.45) is 3.69. The average molecular weight is 429 g/mol. The standard InChI is InChI=1S/C22H22Cl2N4O/c23-17-8-9-18(19(24)15-17)20-11-14-27-22(28-20)26-13-4-12-25-21(29)10-7-16-5-2-1-3-6-16/h1-3,5-6,8-9,11,14-15H,4,7,10,12-13H2,(H,25,29)(H,26,27,28). The summed E-state index contributed by atoms with van der Waals surface area (Å²) in [6, 6.07) is 17.1. The van der Waals surface area contributed by atoms with Gasteiger partial charge in [0.05, 0.1) is 10.7 Å². The summed E-state index contributed by atoms with van der Waals surface area (Å²) in [5.74, 6) is 0.577. The largest absolute Gasteiger partial charge is 0.356 e. The van der Waals surface area contributed by atoms with Gasteiger partial charge in [0.1, 0.15) is 0 Å². The monoisotopic (exact) mass is 428 g/mol. The van der Waals surface area contributed by atoms with Crippen LogP contribution in [0.5, 0.6) is 0 Å². The van der Waals surface area contributed by atoms with E-state index in [9.17, 15) is 4.79 Å². The highest BCUT2D eigenvalue weighted by Gasteiger charge is 2.07. The summed E-state index contributed by atoms with van der Waals surface area (Å²) < 4.78 is 0. The van der Waals surface area contributed by atoms with Gasteiger partial charge in [-0.05, 0) is 42.7 Å². The molecule has 3 rings (SSSR count). The Morgan fingerprint density at radius 2 is 1.83 bits per heavy atom. The molecule has 0 saturated carbocycles. The number of aromatic nitrogens is 2. The second-order valence-electron chi connectivity index (χ2n) is 6.51. The van der Waals surface area contributed by atoms with Crippen LogP contribution >= 0.6 is 23.2 Å². The summed E-state index contributed by atoms with van der Waals surface area (Å²) in [5.41, 5.74) is 2.69. The number of benzene rings is 2. The van der Waals surface area contributed by atoms with E-state index in [1.54, 1.807) is 24.4 Å². The third kappa shape index (κ3) is 6.73. The van der Waals surface area contributed by atoms with Crippen LogP contribution in [0.25, 0.3) is 11.3 Å². The zero-order valence-corrected chi connectivity index (χ0v) is 17.4. The number of nitrogens with zero attached hydrogens (tertiary/aromatic N) is 2. The van der Waals surface area contributed by atoms with E-state index in [1.165, 1.54) is 5.56 Å². The first-order valence-corrected chi connectivity index (χ1v) is 10.2. The molecule has 0 aliphatic rings. The molecule has 3 aromatic rings. The Balaban J connectivity index is 1.40. The molecule has 0 atom stereocenters. The highest BCUT2D eigenvalue weighted by atomic mass is 35.5. The van der Waals surface area contributed by atoms with Crippen LogP contribution in [0.1, 0.15) is 18.4 Å². The Morgan fingerprint density at radius 3 is 2.62 bits per heavy atom. The van der Waals surface area contributed by atoms with E-state index >= 15 is 0 Å². The molecule has 0 aliphatic carbocycles. The molecule has 0 unspecified atom stereocenters. The van der Waals surface area contributed by atoms with Crippen LogP contribution in [0.4, 0.5) is 5.95 Å². The van der Waals surface area contributed by atoms with Gasteiger partial charge in [-0.15, -0.1) is 0 Å². The molecule has 7 heteroatoms. The number of nitrogens with one attached hydrogen (secondary N) is 2. The molecule has 0 saturated heterocycles. The molecule has 2 N–H and O–H groups in total. The molecule has 0 fully saturated rings. The zero-order valence-electron chi connectivity index (χ0n) is 15.9. The summed E-state index contributed by atoms with van der Waals surface area (Å²) in [7, 11) is 0. The molecule has 0 radical (unpaired) electrons. The fraction of sp³-hybridized carbons (Fsp3) is 0.227. The van der Waals surface area contributed by atoms with Crippen molar-refractivity contribution in [2.45, 2.75) is 19.3 Å². The first kappa shape index (κ1) is 21.1. The molecular weight excluding hydrogens is 407 g/mol. The first-order valence-electron chi connectivity index (χ1n) is 9.45. The predicted octanol–water partition coefficient (Wildman–Crippen LogP) is 5.00. The number of halogens is 2. The summed E-state index contributed by atoms with van der Waals surface area (Å²) in [4.78, 5) is 20.7. The van der Waals surface area contributed by atoms with Gasteiger partial charge in [-0.1, -0.05) is 53.5 Å². The molecule has 150 valence electrons. The van der Waals surface area contributed by atoms with E-state index in [0.29, 0.717) is 35.5 Å². The van der Waals surface area contributed by atoms with Crippen molar-refractivity contribution in [3.05, 3.63) is 76.4 Å². The Kier molecular flexibility index (Phi) is 7.85. The molecule has 0 bridgehead atoms. The van der Waals surface area contributed by atoms with Gasteiger partial charge >= 0.3 is 0 Å². The quantitative estimate of drug-likeness (QED) is 0.470. The Morgan fingerprint density at radius 1 is 1.00 bits per heavy atom. The molecular formula is C22H22Cl2N4O. The van der Waals surface area contributed by atoms with Crippen LogP contribution in [-0.4, -0.2) is 29.0 Å². The van der Waals surface area contributed by atoms with Gasteiger partial charge in [0.15, 0.2) is 0 Å². The average Bonchev–Trinajstić information content (AvgIpc) is 2.73. The van der Waals surface area contributed by atoms with Crippen molar-refractivity contribution in [3.8, 4) is 11.3 Å². The van der Waals surface area contributed by atoms with Gasteiger partial charge in [-0.25, -0.2) is 9.97 Å². The first-order chi connectivity index (χ1) is 14.1. The van der Waals surface area contributed by atoms with Crippen molar-refractivity contribution >= 4 is 35.1 Å². The Labute approximate surface area is 180 Å². The van der Waals surface area contributed by atoms with E-state index < -0.39 is 0 Å². The second-order valence-corrected chi connectivity index (χ2v) is 7.35. The van der Waals surface area contributed by atoms with Gasteiger partial charge in [-0.2, -0.15) is 0 Å². The lowest BCUT2D eigenvalue weighted by molar-refractivity contribution is -0.121. The van der Waals surface area contributed by atoms with E-state index in [0.717, 1.165) is 24.1 Å². The van der Waals surface area contributed by atoms with Gasteiger partial charge in [0.25, 0.3) is 0 Å². The van der Waals surface area contributed by atoms with Gasteiger partial charge < -0.3 is 10.6 Å². The molecule has 0 aliphatic heterocycles. The minimum absolute atomic E-state index is 0.0597. The fourth-order valence-electron chi connectivity index (χ4n) is 2.80. The summed E-state index contributed by atoms with van der Waals surface area (Å²) in [5, 5.41) is 7.24. The van der Waals surface area contributed by atoms with Crippen LogP contribution < -0.4 is 10.6 Å². The number of hydrogen-bond donors (Lipinski definition) is 2. The summed E-state index contributed by atoms with van der Waals surface area (Å²) in [6.45, 7) is 1.25. The van der Waals surface area contributed by atoms with Crippen LogP contribution in [0.3, 0.4) is 0 Å². The van der Waals surface area contributed by atoms with Crippen molar-refractivity contribution in [3.63, 3.8) is 0 Å². The van der Waals surface area contributed by atoms with Gasteiger partial charge in [-0.3, -0.25) is 4.79 Å². The third-order valence-corrected chi connectivity index (χ3v) is 4.85. The Bertz CT molecular complexity index is 951. The lowest BCUT2D eigenvalue weighted by atomic mass is 10.1. The second kappa shape index (κ2) is 10.8. The Hall–Kier alpha value is -2.63. The minimum atomic E-state index is 0.0597. The minimum Gasteiger partial charge on any atom is -0.356 e. The molecule has 1 amide bonds. The number of aryl methyl sites for hydroxylation is 1.